The summed E-state index contributed by atoms with van der Waals surface area (Å²) in [5.74, 6) is 2.04. The second-order valence-corrected chi connectivity index (χ2v) is 7.73. The van der Waals surface area contributed by atoms with E-state index in [9.17, 15) is 4.79 Å². The number of piperidine rings is 2. The van der Waals surface area contributed by atoms with E-state index in [4.69, 9.17) is 0 Å². The van der Waals surface area contributed by atoms with Crippen molar-refractivity contribution in [3.8, 4) is 5.69 Å². The molecule has 0 saturated carbocycles. The molecule has 1 aromatic heterocycles. The van der Waals surface area contributed by atoms with Gasteiger partial charge in [-0.05, 0) is 63.4 Å². The number of likely N-dealkylation sites (tertiary alicyclic amines) is 1. The summed E-state index contributed by atoms with van der Waals surface area (Å²) in [6, 6.07) is 9.90. The van der Waals surface area contributed by atoms with Gasteiger partial charge in [-0.3, -0.25) is 0 Å². The third-order valence-electron chi connectivity index (χ3n) is 5.81. The molecule has 1 aromatic carbocycles. The van der Waals surface area contributed by atoms with Crippen LogP contribution in [0.1, 0.15) is 37.4 Å². The van der Waals surface area contributed by atoms with E-state index in [0.717, 1.165) is 43.5 Å². The van der Waals surface area contributed by atoms with Crippen molar-refractivity contribution < 1.29 is 0 Å². The summed E-state index contributed by atoms with van der Waals surface area (Å²) < 4.78 is 3.28. The zero-order valence-corrected chi connectivity index (χ0v) is 15.6. The van der Waals surface area contributed by atoms with Crippen molar-refractivity contribution in [1.29, 1.82) is 0 Å². The fourth-order valence-electron chi connectivity index (χ4n) is 4.43. The number of hydrogen-bond donors (Lipinski definition) is 1. The highest BCUT2D eigenvalue weighted by Gasteiger charge is 2.28. The molecular formula is C20H29N5O. The zero-order valence-electron chi connectivity index (χ0n) is 15.6. The lowest BCUT2D eigenvalue weighted by Gasteiger charge is -2.35. The number of nitrogens with one attached hydrogen (secondary N) is 1. The van der Waals surface area contributed by atoms with Crippen LogP contribution in [0.5, 0.6) is 0 Å². The first-order valence-corrected chi connectivity index (χ1v) is 9.87. The molecule has 1 atom stereocenters. The Labute approximate surface area is 154 Å². The van der Waals surface area contributed by atoms with E-state index >= 15 is 0 Å². The molecule has 140 valence electrons. The van der Waals surface area contributed by atoms with Gasteiger partial charge in [0, 0.05) is 26.1 Å². The van der Waals surface area contributed by atoms with Crippen LogP contribution in [-0.2, 0) is 7.05 Å². The minimum Gasteiger partial charge on any atom is -0.317 e. The van der Waals surface area contributed by atoms with Gasteiger partial charge in [0.05, 0.1) is 5.69 Å². The lowest BCUT2D eigenvalue weighted by atomic mass is 9.93. The summed E-state index contributed by atoms with van der Waals surface area (Å²) in [6.45, 7) is 5.65. The predicted octanol–water partition coefficient (Wildman–Crippen LogP) is 1.75. The molecule has 3 heterocycles. The highest BCUT2D eigenvalue weighted by molar-refractivity contribution is 5.33. The van der Waals surface area contributed by atoms with Gasteiger partial charge in [0.2, 0.25) is 0 Å². The largest absolute Gasteiger partial charge is 0.350 e. The highest BCUT2D eigenvalue weighted by Crippen LogP contribution is 2.27. The summed E-state index contributed by atoms with van der Waals surface area (Å²) >= 11 is 0. The van der Waals surface area contributed by atoms with E-state index in [1.807, 2.05) is 30.3 Å². The van der Waals surface area contributed by atoms with E-state index in [1.54, 1.807) is 11.6 Å². The van der Waals surface area contributed by atoms with Gasteiger partial charge in [0.15, 0.2) is 0 Å². The van der Waals surface area contributed by atoms with Crippen LogP contribution in [0.3, 0.4) is 0 Å². The molecule has 0 aliphatic carbocycles. The van der Waals surface area contributed by atoms with Gasteiger partial charge in [-0.1, -0.05) is 18.2 Å². The third kappa shape index (κ3) is 3.62. The molecule has 2 aromatic rings. The summed E-state index contributed by atoms with van der Waals surface area (Å²) in [4.78, 5) is 15.3. The first-order valence-electron chi connectivity index (χ1n) is 9.87. The van der Waals surface area contributed by atoms with Crippen LogP contribution in [-0.4, -0.2) is 52.0 Å². The van der Waals surface area contributed by atoms with Crippen LogP contribution in [0.25, 0.3) is 5.69 Å². The van der Waals surface area contributed by atoms with Crippen molar-refractivity contribution in [1.82, 2.24) is 24.6 Å². The van der Waals surface area contributed by atoms with Crippen LogP contribution in [0.2, 0.25) is 0 Å². The fourth-order valence-corrected chi connectivity index (χ4v) is 4.43. The number of hydrogen-bond acceptors (Lipinski definition) is 4. The Morgan fingerprint density at radius 2 is 1.92 bits per heavy atom. The van der Waals surface area contributed by atoms with E-state index in [2.05, 4.69) is 15.3 Å². The van der Waals surface area contributed by atoms with E-state index < -0.39 is 0 Å². The Morgan fingerprint density at radius 1 is 1.15 bits per heavy atom. The molecule has 0 radical (unpaired) electrons. The fraction of sp³-hybridized carbons (Fsp3) is 0.600. The maximum Gasteiger partial charge on any atom is 0.350 e. The predicted molar refractivity (Wildman–Crippen MR) is 103 cm³/mol. The first-order chi connectivity index (χ1) is 12.7. The SMILES string of the molecule is Cn1nc(C2CCCN(CC3CCNCC3)C2)n(-c2ccccc2)c1=O. The normalized spacial score (nSPS) is 22.6. The number of aryl methyl sites for hydroxylation is 1. The Hall–Kier alpha value is -1.92. The molecule has 4 rings (SSSR count). The van der Waals surface area contributed by atoms with Crippen LogP contribution >= 0.6 is 0 Å². The summed E-state index contributed by atoms with van der Waals surface area (Å²) in [5.41, 5.74) is 0.859. The monoisotopic (exact) mass is 355 g/mol. The van der Waals surface area contributed by atoms with Crippen molar-refractivity contribution >= 4 is 0 Å². The van der Waals surface area contributed by atoms with Crippen molar-refractivity contribution in [3.63, 3.8) is 0 Å². The average molecular weight is 355 g/mol. The number of benzene rings is 1. The van der Waals surface area contributed by atoms with Crippen LogP contribution in [0.15, 0.2) is 35.1 Å². The summed E-state index contributed by atoms with van der Waals surface area (Å²) in [5, 5.41) is 8.07. The molecule has 26 heavy (non-hydrogen) atoms. The molecule has 2 aliphatic rings. The van der Waals surface area contributed by atoms with Crippen molar-refractivity contribution in [2.75, 3.05) is 32.7 Å². The number of aromatic nitrogens is 3. The number of rotatable bonds is 4. The number of nitrogens with zero attached hydrogens (tertiary/aromatic N) is 4. The van der Waals surface area contributed by atoms with Gasteiger partial charge >= 0.3 is 5.69 Å². The topological polar surface area (TPSA) is 55.1 Å². The maximum absolute atomic E-state index is 12.7. The first kappa shape index (κ1) is 17.5. The minimum absolute atomic E-state index is 0.0540. The smallest absolute Gasteiger partial charge is 0.317 e. The summed E-state index contributed by atoms with van der Waals surface area (Å²) in [7, 11) is 1.75. The second-order valence-electron chi connectivity index (χ2n) is 7.73. The molecule has 2 saturated heterocycles. The average Bonchev–Trinajstić information content (AvgIpc) is 2.98. The van der Waals surface area contributed by atoms with E-state index in [1.165, 1.54) is 37.0 Å². The van der Waals surface area contributed by atoms with Gasteiger partial charge < -0.3 is 10.2 Å². The molecule has 1 unspecified atom stereocenters. The molecule has 2 fully saturated rings. The maximum atomic E-state index is 12.7. The number of para-hydroxylation sites is 1. The molecular weight excluding hydrogens is 326 g/mol. The van der Waals surface area contributed by atoms with Gasteiger partial charge in [-0.15, -0.1) is 0 Å². The molecule has 0 spiro atoms. The van der Waals surface area contributed by atoms with Crippen LogP contribution in [0, 0.1) is 5.92 Å². The van der Waals surface area contributed by atoms with Crippen molar-refractivity contribution in [2.24, 2.45) is 13.0 Å². The van der Waals surface area contributed by atoms with Crippen LogP contribution < -0.4 is 11.0 Å². The minimum atomic E-state index is -0.0540. The van der Waals surface area contributed by atoms with Crippen molar-refractivity contribution in [3.05, 3.63) is 46.6 Å². The lowest BCUT2D eigenvalue weighted by molar-refractivity contribution is 0.160. The molecule has 1 N–H and O–H groups in total. The Morgan fingerprint density at radius 3 is 2.69 bits per heavy atom. The molecule has 0 amide bonds. The molecule has 2 aliphatic heterocycles. The van der Waals surface area contributed by atoms with Gasteiger partial charge in [-0.25, -0.2) is 14.0 Å². The van der Waals surface area contributed by atoms with Gasteiger partial charge in [0.25, 0.3) is 0 Å². The standard InChI is InChI=1S/C20H29N5O/c1-23-20(26)25(18-7-3-2-4-8-18)19(22-23)17-6-5-13-24(15-17)14-16-9-11-21-12-10-16/h2-4,7-8,16-17,21H,5-6,9-15H2,1H3. The Balaban J connectivity index is 1.55. The third-order valence-corrected chi connectivity index (χ3v) is 5.81. The van der Waals surface area contributed by atoms with Crippen molar-refractivity contribution in [2.45, 2.75) is 31.6 Å². The second kappa shape index (κ2) is 7.76. The van der Waals surface area contributed by atoms with E-state index in [0.29, 0.717) is 5.92 Å². The molecule has 0 bridgehead atoms. The quantitative estimate of drug-likeness (QED) is 0.908. The zero-order chi connectivity index (χ0) is 17.9. The van der Waals surface area contributed by atoms with Gasteiger partial charge in [-0.2, -0.15) is 5.10 Å². The van der Waals surface area contributed by atoms with Crippen LogP contribution in [0.4, 0.5) is 0 Å². The Kier molecular flexibility index (Phi) is 5.22. The summed E-state index contributed by atoms with van der Waals surface area (Å²) in [6.07, 6.45) is 4.83. The van der Waals surface area contributed by atoms with E-state index in [-0.39, 0.29) is 5.69 Å². The Bertz CT molecular complexity index is 775. The molecule has 6 nitrogen and oxygen atoms in total. The molecule has 6 heteroatoms. The lowest BCUT2D eigenvalue weighted by Crippen LogP contribution is -2.41. The highest BCUT2D eigenvalue weighted by atomic mass is 16.2. The van der Waals surface area contributed by atoms with Gasteiger partial charge in [0.1, 0.15) is 5.82 Å².